The van der Waals surface area contributed by atoms with Gasteiger partial charge in [-0.15, -0.1) is 0 Å². The molecule has 4 nitrogen and oxygen atoms in total. The number of pyridine rings is 1. The Balaban J connectivity index is 2.28. The van der Waals surface area contributed by atoms with Crippen molar-refractivity contribution in [3.05, 3.63) is 58.9 Å². The van der Waals surface area contributed by atoms with Crippen LogP contribution in [0.3, 0.4) is 0 Å². The second-order valence-electron chi connectivity index (χ2n) is 3.82. The molecule has 0 saturated heterocycles. The molecule has 0 saturated carbocycles. The SMILES string of the molecule is O=C(Nc1ccccc1Cl)c1ccncc1C#CCO. The van der Waals surface area contributed by atoms with Gasteiger partial charge in [0.05, 0.1) is 21.8 Å². The van der Waals surface area contributed by atoms with Crippen LogP contribution in [0.15, 0.2) is 42.7 Å². The Morgan fingerprint density at radius 2 is 2.15 bits per heavy atom. The molecule has 0 unspecified atom stereocenters. The summed E-state index contributed by atoms with van der Waals surface area (Å²) >= 11 is 5.99. The van der Waals surface area contributed by atoms with E-state index in [2.05, 4.69) is 22.1 Å². The third-order valence-corrected chi connectivity index (χ3v) is 2.82. The van der Waals surface area contributed by atoms with Gasteiger partial charge in [0.2, 0.25) is 0 Å². The summed E-state index contributed by atoms with van der Waals surface area (Å²) in [7, 11) is 0. The zero-order valence-electron chi connectivity index (χ0n) is 10.4. The van der Waals surface area contributed by atoms with E-state index in [1.54, 1.807) is 30.3 Å². The van der Waals surface area contributed by atoms with Crippen molar-refractivity contribution in [1.29, 1.82) is 0 Å². The zero-order chi connectivity index (χ0) is 14.4. The van der Waals surface area contributed by atoms with Gasteiger partial charge in [0, 0.05) is 12.4 Å². The fraction of sp³-hybridized carbons (Fsp3) is 0.0667. The second kappa shape index (κ2) is 6.71. The molecule has 0 atom stereocenters. The highest BCUT2D eigenvalue weighted by atomic mass is 35.5. The normalized spacial score (nSPS) is 9.50. The fourth-order valence-electron chi connectivity index (χ4n) is 1.58. The van der Waals surface area contributed by atoms with E-state index in [-0.39, 0.29) is 12.5 Å². The summed E-state index contributed by atoms with van der Waals surface area (Å²) in [6.07, 6.45) is 2.98. The van der Waals surface area contributed by atoms with Gasteiger partial charge in [0.25, 0.3) is 5.91 Å². The predicted molar refractivity (Wildman–Crippen MR) is 77.6 cm³/mol. The third kappa shape index (κ3) is 3.35. The lowest BCUT2D eigenvalue weighted by Crippen LogP contribution is -2.14. The highest BCUT2D eigenvalue weighted by molar-refractivity contribution is 6.33. The van der Waals surface area contributed by atoms with Crippen molar-refractivity contribution in [3.8, 4) is 11.8 Å². The van der Waals surface area contributed by atoms with Crippen LogP contribution in [-0.4, -0.2) is 22.6 Å². The van der Waals surface area contributed by atoms with E-state index in [0.717, 1.165) is 0 Å². The maximum absolute atomic E-state index is 12.2. The lowest BCUT2D eigenvalue weighted by Gasteiger charge is -2.08. The van der Waals surface area contributed by atoms with Crippen molar-refractivity contribution in [1.82, 2.24) is 4.98 Å². The molecule has 2 aromatic rings. The molecular weight excluding hydrogens is 276 g/mol. The van der Waals surface area contributed by atoms with Gasteiger partial charge in [-0.25, -0.2) is 0 Å². The number of rotatable bonds is 2. The lowest BCUT2D eigenvalue weighted by molar-refractivity contribution is 0.102. The first-order chi connectivity index (χ1) is 9.72. The number of benzene rings is 1. The molecule has 2 rings (SSSR count). The number of para-hydroxylation sites is 1. The highest BCUT2D eigenvalue weighted by Gasteiger charge is 2.11. The van der Waals surface area contributed by atoms with Gasteiger partial charge in [-0.05, 0) is 18.2 Å². The number of hydrogen-bond acceptors (Lipinski definition) is 3. The van der Waals surface area contributed by atoms with E-state index in [1.165, 1.54) is 12.4 Å². The topological polar surface area (TPSA) is 62.2 Å². The number of nitrogens with zero attached hydrogens (tertiary/aromatic N) is 1. The molecule has 0 bridgehead atoms. The quantitative estimate of drug-likeness (QED) is 0.833. The molecule has 20 heavy (non-hydrogen) atoms. The summed E-state index contributed by atoms with van der Waals surface area (Å²) in [5.41, 5.74) is 1.35. The van der Waals surface area contributed by atoms with Crippen LogP contribution in [0.5, 0.6) is 0 Å². The van der Waals surface area contributed by atoms with Crippen LogP contribution in [0, 0.1) is 11.8 Å². The molecule has 0 radical (unpaired) electrons. The van der Waals surface area contributed by atoms with Crippen molar-refractivity contribution in [2.45, 2.75) is 0 Å². The van der Waals surface area contributed by atoms with E-state index >= 15 is 0 Å². The Morgan fingerprint density at radius 1 is 1.35 bits per heavy atom. The number of nitrogens with one attached hydrogen (secondary N) is 1. The summed E-state index contributed by atoms with van der Waals surface area (Å²) in [5, 5.41) is 11.9. The van der Waals surface area contributed by atoms with Gasteiger partial charge in [-0.3, -0.25) is 9.78 Å². The van der Waals surface area contributed by atoms with E-state index in [4.69, 9.17) is 16.7 Å². The number of carbonyl (C=O) groups excluding carboxylic acids is 1. The fourth-order valence-corrected chi connectivity index (χ4v) is 1.76. The number of hydrogen-bond donors (Lipinski definition) is 2. The number of aliphatic hydroxyl groups excluding tert-OH is 1. The third-order valence-electron chi connectivity index (χ3n) is 2.49. The molecule has 2 N–H and O–H groups in total. The average Bonchev–Trinajstić information content (AvgIpc) is 2.47. The molecule has 0 fully saturated rings. The maximum atomic E-state index is 12.2. The summed E-state index contributed by atoms with van der Waals surface area (Å²) < 4.78 is 0. The van der Waals surface area contributed by atoms with E-state index < -0.39 is 0 Å². The Morgan fingerprint density at radius 3 is 2.90 bits per heavy atom. The zero-order valence-corrected chi connectivity index (χ0v) is 11.2. The van der Waals surface area contributed by atoms with Crippen molar-refractivity contribution in [3.63, 3.8) is 0 Å². The van der Waals surface area contributed by atoms with Crippen molar-refractivity contribution >= 4 is 23.2 Å². The first-order valence-corrected chi connectivity index (χ1v) is 6.20. The van der Waals surface area contributed by atoms with E-state index in [1.807, 2.05) is 0 Å². The minimum absolute atomic E-state index is 0.277. The van der Waals surface area contributed by atoms with Crippen LogP contribution in [-0.2, 0) is 0 Å². The number of carbonyl (C=O) groups is 1. The molecule has 0 aliphatic carbocycles. The number of aromatic nitrogens is 1. The molecule has 100 valence electrons. The van der Waals surface area contributed by atoms with Gasteiger partial charge in [0.1, 0.15) is 6.61 Å². The highest BCUT2D eigenvalue weighted by Crippen LogP contribution is 2.21. The molecule has 1 aromatic carbocycles. The molecule has 1 amide bonds. The monoisotopic (exact) mass is 286 g/mol. The smallest absolute Gasteiger partial charge is 0.257 e. The van der Waals surface area contributed by atoms with E-state index in [0.29, 0.717) is 21.8 Å². The molecule has 0 aliphatic heterocycles. The van der Waals surface area contributed by atoms with Gasteiger partial charge in [0.15, 0.2) is 0 Å². The molecule has 5 heteroatoms. The van der Waals surface area contributed by atoms with Crippen LogP contribution in [0.4, 0.5) is 5.69 Å². The molecule has 0 aliphatic rings. The Hall–Kier alpha value is -2.35. The van der Waals surface area contributed by atoms with Gasteiger partial charge < -0.3 is 10.4 Å². The van der Waals surface area contributed by atoms with Gasteiger partial charge in [-0.1, -0.05) is 35.6 Å². The van der Waals surface area contributed by atoms with Crippen LogP contribution >= 0.6 is 11.6 Å². The van der Waals surface area contributed by atoms with Gasteiger partial charge in [-0.2, -0.15) is 0 Å². The first kappa shape index (κ1) is 14.1. The second-order valence-corrected chi connectivity index (χ2v) is 4.22. The van der Waals surface area contributed by atoms with Crippen LogP contribution in [0.25, 0.3) is 0 Å². The predicted octanol–water partition coefficient (Wildman–Crippen LogP) is 2.33. The van der Waals surface area contributed by atoms with Crippen molar-refractivity contribution in [2.24, 2.45) is 0 Å². The molecule has 1 heterocycles. The minimum Gasteiger partial charge on any atom is -0.384 e. The minimum atomic E-state index is -0.331. The molecule has 0 spiro atoms. The number of anilines is 1. The first-order valence-electron chi connectivity index (χ1n) is 5.82. The van der Waals surface area contributed by atoms with Crippen molar-refractivity contribution in [2.75, 3.05) is 11.9 Å². The van der Waals surface area contributed by atoms with Crippen LogP contribution in [0.1, 0.15) is 15.9 Å². The standard InChI is InChI=1S/C15H11ClN2O2/c16-13-5-1-2-6-14(13)18-15(20)12-7-8-17-10-11(12)4-3-9-19/h1-2,5-8,10,19H,9H2,(H,18,20). The number of halogens is 1. The van der Waals surface area contributed by atoms with E-state index in [9.17, 15) is 4.79 Å². The Bertz CT molecular complexity index is 690. The summed E-state index contributed by atoms with van der Waals surface area (Å²) in [6.45, 7) is -0.277. The molecule has 1 aromatic heterocycles. The summed E-state index contributed by atoms with van der Waals surface area (Å²) in [6, 6.07) is 8.52. The average molecular weight is 287 g/mol. The summed E-state index contributed by atoms with van der Waals surface area (Å²) in [5.74, 6) is 4.85. The number of aliphatic hydroxyl groups is 1. The Kier molecular flexibility index (Phi) is 4.72. The maximum Gasteiger partial charge on any atom is 0.257 e. The molecular formula is C15H11ClN2O2. The Labute approximate surface area is 121 Å². The van der Waals surface area contributed by atoms with Crippen LogP contribution < -0.4 is 5.32 Å². The largest absolute Gasteiger partial charge is 0.384 e. The van der Waals surface area contributed by atoms with Gasteiger partial charge >= 0.3 is 0 Å². The number of amides is 1. The summed E-state index contributed by atoms with van der Waals surface area (Å²) in [4.78, 5) is 16.1. The lowest BCUT2D eigenvalue weighted by atomic mass is 10.1. The van der Waals surface area contributed by atoms with Crippen LogP contribution in [0.2, 0.25) is 5.02 Å². The van der Waals surface area contributed by atoms with Crippen molar-refractivity contribution < 1.29 is 9.90 Å².